The number of nitrogens with one attached hydrogen (secondary N) is 1. The van der Waals surface area contributed by atoms with Crippen molar-refractivity contribution in [1.29, 1.82) is 0 Å². The molecule has 7 heteroatoms. The van der Waals surface area contributed by atoms with Crippen molar-refractivity contribution in [2.45, 2.75) is 19.4 Å². The predicted molar refractivity (Wildman–Crippen MR) is 112 cm³/mol. The van der Waals surface area contributed by atoms with E-state index < -0.39 is 5.97 Å². The maximum Gasteiger partial charge on any atom is 0.337 e. The summed E-state index contributed by atoms with van der Waals surface area (Å²) in [7, 11) is 1.32. The monoisotopic (exact) mass is 426 g/mol. The quantitative estimate of drug-likeness (QED) is 0.578. The van der Waals surface area contributed by atoms with E-state index in [0.29, 0.717) is 33.8 Å². The lowest BCUT2D eigenvalue weighted by atomic mass is 10.0. The van der Waals surface area contributed by atoms with Gasteiger partial charge in [-0.25, -0.2) is 9.18 Å². The third-order valence-corrected chi connectivity index (χ3v) is 4.83. The van der Waals surface area contributed by atoms with Crippen LogP contribution in [0, 0.1) is 5.82 Å². The van der Waals surface area contributed by atoms with Crippen LogP contribution in [0.1, 0.15) is 50.5 Å². The van der Waals surface area contributed by atoms with E-state index >= 15 is 0 Å². The van der Waals surface area contributed by atoms with Crippen molar-refractivity contribution in [2.24, 2.45) is 0 Å². The highest BCUT2D eigenvalue weighted by Gasteiger charge is 2.17. The van der Waals surface area contributed by atoms with Gasteiger partial charge in [-0.05, 0) is 48.4 Å². The number of halogens is 2. The van der Waals surface area contributed by atoms with Gasteiger partial charge in [-0.3, -0.25) is 9.78 Å². The summed E-state index contributed by atoms with van der Waals surface area (Å²) in [6.45, 7) is 1.83. The summed E-state index contributed by atoms with van der Waals surface area (Å²) < 4.78 is 18.2. The lowest BCUT2D eigenvalue weighted by Gasteiger charge is -2.16. The minimum Gasteiger partial charge on any atom is -0.465 e. The molecule has 1 heterocycles. The Kier molecular flexibility index (Phi) is 6.79. The Morgan fingerprint density at radius 1 is 1.17 bits per heavy atom. The molecule has 0 unspecified atom stereocenters. The van der Waals surface area contributed by atoms with Crippen molar-refractivity contribution in [1.82, 2.24) is 10.3 Å². The summed E-state index contributed by atoms with van der Waals surface area (Å²) in [4.78, 5) is 28.8. The number of benzene rings is 2. The molecule has 1 atom stereocenters. The Bertz CT molecular complexity index is 1070. The van der Waals surface area contributed by atoms with Crippen LogP contribution in [0.5, 0.6) is 0 Å². The third-order valence-electron chi connectivity index (χ3n) is 4.62. The molecule has 1 amide bonds. The predicted octanol–water partition coefficient (Wildman–Crippen LogP) is 4.74. The molecule has 1 aromatic heterocycles. The van der Waals surface area contributed by atoms with Gasteiger partial charge in [0.05, 0.1) is 35.0 Å². The number of carbonyl (C=O) groups excluding carboxylic acids is 2. The maximum absolute atomic E-state index is 13.5. The Hall–Kier alpha value is -3.25. The molecule has 154 valence electrons. The van der Waals surface area contributed by atoms with Crippen LogP contribution in [-0.2, 0) is 11.2 Å². The molecule has 5 nitrogen and oxygen atoms in total. The molecule has 0 aliphatic carbocycles. The Balaban J connectivity index is 1.79. The molecule has 30 heavy (non-hydrogen) atoms. The van der Waals surface area contributed by atoms with Crippen LogP contribution >= 0.6 is 11.6 Å². The fourth-order valence-electron chi connectivity index (χ4n) is 3.03. The zero-order chi connectivity index (χ0) is 21.7. The van der Waals surface area contributed by atoms with E-state index in [1.54, 1.807) is 42.5 Å². The second-order valence-corrected chi connectivity index (χ2v) is 7.20. The minimum absolute atomic E-state index is 0.292. The fourth-order valence-corrected chi connectivity index (χ4v) is 3.19. The average molecular weight is 427 g/mol. The number of aromatic nitrogens is 1. The summed E-state index contributed by atoms with van der Waals surface area (Å²) in [5.74, 6) is -1.12. The van der Waals surface area contributed by atoms with Crippen molar-refractivity contribution in [3.63, 3.8) is 0 Å². The number of esters is 1. The number of hydrogen-bond donors (Lipinski definition) is 1. The normalized spacial score (nSPS) is 11.6. The summed E-state index contributed by atoms with van der Waals surface area (Å²) in [6, 6.07) is 14.1. The molecule has 0 aliphatic heterocycles. The minimum atomic E-state index is -0.426. The van der Waals surface area contributed by atoms with Gasteiger partial charge in [0.2, 0.25) is 0 Å². The van der Waals surface area contributed by atoms with E-state index in [-0.39, 0.29) is 17.8 Å². The molecule has 0 saturated heterocycles. The molecular weight excluding hydrogens is 407 g/mol. The third kappa shape index (κ3) is 5.21. The maximum atomic E-state index is 13.5. The van der Waals surface area contributed by atoms with Gasteiger partial charge in [0.15, 0.2) is 0 Å². The standard InChI is InChI=1S/C23H20ClFN2O3/c1-14(16-6-8-17(9-7-16)23(29)30-2)27-22(28)20-12-18(24)13-26-21(20)11-15-4-3-5-19(25)10-15/h3-10,12-14H,11H2,1-2H3,(H,27,28)/t14-/m0/s1. The Morgan fingerprint density at radius 2 is 1.90 bits per heavy atom. The smallest absolute Gasteiger partial charge is 0.337 e. The number of hydrogen-bond acceptors (Lipinski definition) is 4. The second-order valence-electron chi connectivity index (χ2n) is 6.76. The van der Waals surface area contributed by atoms with Gasteiger partial charge in [-0.15, -0.1) is 0 Å². The highest BCUT2D eigenvalue weighted by Crippen LogP contribution is 2.20. The van der Waals surface area contributed by atoms with Crippen LogP contribution in [0.4, 0.5) is 4.39 Å². The highest BCUT2D eigenvalue weighted by molar-refractivity contribution is 6.30. The number of methoxy groups -OCH3 is 1. The van der Waals surface area contributed by atoms with Crippen LogP contribution in [0.3, 0.4) is 0 Å². The number of rotatable bonds is 6. The molecular formula is C23H20ClFN2O3. The van der Waals surface area contributed by atoms with Gasteiger partial charge in [0, 0.05) is 12.6 Å². The van der Waals surface area contributed by atoms with Gasteiger partial charge < -0.3 is 10.1 Å². The molecule has 1 N–H and O–H groups in total. The fraction of sp³-hybridized carbons (Fsp3) is 0.174. The summed E-state index contributed by atoms with van der Waals surface area (Å²) in [5, 5.41) is 3.24. The Morgan fingerprint density at radius 3 is 2.57 bits per heavy atom. The topological polar surface area (TPSA) is 68.3 Å². The van der Waals surface area contributed by atoms with Crippen molar-refractivity contribution < 1.29 is 18.7 Å². The van der Waals surface area contributed by atoms with Gasteiger partial charge in [0.25, 0.3) is 5.91 Å². The van der Waals surface area contributed by atoms with Crippen molar-refractivity contribution >= 4 is 23.5 Å². The average Bonchev–Trinajstić information content (AvgIpc) is 2.74. The van der Waals surface area contributed by atoms with Gasteiger partial charge in [0.1, 0.15) is 5.82 Å². The Labute approximate surface area is 178 Å². The molecule has 2 aromatic carbocycles. The molecule has 0 fully saturated rings. The van der Waals surface area contributed by atoms with Gasteiger partial charge in [-0.1, -0.05) is 35.9 Å². The first-order chi connectivity index (χ1) is 14.4. The van der Waals surface area contributed by atoms with Crippen LogP contribution in [-0.4, -0.2) is 24.0 Å². The lowest BCUT2D eigenvalue weighted by Crippen LogP contribution is -2.28. The number of nitrogens with zero attached hydrogens (tertiary/aromatic N) is 1. The number of carbonyl (C=O) groups is 2. The molecule has 0 aliphatic rings. The molecule has 0 spiro atoms. The first-order valence-electron chi connectivity index (χ1n) is 9.25. The number of ether oxygens (including phenoxy) is 1. The van der Waals surface area contributed by atoms with E-state index in [9.17, 15) is 14.0 Å². The van der Waals surface area contributed by atoms with Crippen molar-refractivity contribution in [3.8, 4) is 0 Å². The summed E-state index contributed by atoms with van der Waals surface area (Å²) in [6.07, 6.45) is 1.75. The van der Waals surface area contributed by atoms with E-state index in [0.717, 1.165) is 5.56 Å². The van der Waals surface area contributed by atoms with Crippen LogP contribution in [0.15, 0.2) is 60.8 Å². The van der Waals surface area contributed by atoms with E-state index in [2.05, 4.69) is 15.0 Å². The van der Waals surface area contributed by atoms with Crippen molar-refractivity contribution in [3.05, 3.63) is 99.6 Å². The van der Waals surface area contributed by atoms with E-state index in [1.165, 1.54) is 25.4 Å². The largest absolute Gasteiger partial charge is 0.465 e. The molecule has 0 radical (unpaired) electrons. The van der Waals surface area contributed by atoms with Crippen LogP contribution < -0.4 is 5.32 Å². The van der Waals surface area contributed by atoms with Crippen LogP contribution in [0.2, 0.25) is 5.02 Å². The summed E-state index contributed by atoms with van der Waals surface area (Å²) >= 11 is 6.06. The van der Waals surface area contributed by atoms with E-state index in [4.69, 9.17) is 11.6 Å². The zero-order valence-electron chi connectivity index (χ0n) is 16.5. The SMILES string of the molecule is COC(=O)c1ccc([C@H](C)NC(=O)c2cc(Cl)cnc2Cc2cccc(F)c2)cc1. The van der Waals surface area contributed by atoms with Crippen molar-refractivity contribution in [2.75, 3.05) is 7.11 Å². The molecule has 3 aromatic rings. The lowest BCUT2D eigenvalue weighted by molar-refractivity contribution is 0.0600. The second kappa shape index (κ2) is 9.50. The number of amides is 1. The molecule has 0 bridgehead atoms. The first kappa shape index (κ1) is 21.5. The van der Waals surface area contributed by atoms with Gasteiger partial charge in [-0.2, -0.15) is 0 Å². The highest BCUT2D eigenvalue weighted by atomic mass is 35.5. The van der Waals surface area contributed by atoms with Gasteiger partial charge >= 0.3 is 5.97 Å². The number of pyridine rings is 1. The molecule has 0 saturated carbocycles. The zero-order valence-corrected chi connectivity index (χ0v) is 17.2. The van der Waals surface area contributed by atoms with E-state index in [1.807, 2.05) is 6.92 Å². The summed E-state index contributed by atoms with van der Waals surface area (Å²) in [5.41, 5.74) is 2.76. The molecule has 3 rings (SSSR count). The van der Waals surface area contributed by atoms with Crippen LogP contribution in [0.25, 0.3) is 0 Å². The first-order valence-corrected chi connectivity index (χ1v) is 9.63.